The van der Waals surface area contributed by atoms with Gasteiger partial charge in [-0.1, -0.05) is 38.1 Å². The third-order valence-corrected chi connectivity index (χ3v) is 5.51. The molecule has 1 N–H and O–H groups in total. The average Bonchev–Trinajstić information content (AvgIpc) is 2.73. The number of nitrogens with zero attached hydrogens (tertiary/aromatic N) is 2. The molecule has 0 bridgehead atoms. The lowest BCUT2D eigenvalue weighted by molar-refractivity contribution is -0.120. The minimum Gasteiger partial charge on any atom is -0.495 e. The Labute approximate surface area is 168 Å². The first-order valence-corrected chi connectivity index (χ1v) is 10.0. The summed E-state index contributed by atoms with van der Waals surface area (Å²) >= 11 is 0. The molecule has 150 valence electrons. The van der Waals surface area contributed by atoms with Crippen LogP contribution in [-0.2, 0) is 4.79 Å². The van der Waals surface area contributed by atoms with Crippen molar-refractivity contribution >= 4 is 17.3 Å². The second-order valence-electron chi connectivity index (χ2n) is 7.64. The monoisotopic (exact) mass is 381 g/mol. The zero-order valence-electron chi connectivity index (χ0n) is 17.3. The Morgan fingerprint density at radius 2 is 1.61 bits per heavy atom. The van der Waals surface area contributed by atoms with Crippen molar-refractivity contribution in [2.75, 3.05) is 43.5 Å². The van der Waals surface area contributed by atoms with Gasteiger partial charge in [-0.3, -0.25) is 9.69 Å². The molecule has 1 aliphatic rings. The van der Waals surface area contributed by atoms with Gasteiger partial charge in [-0.15, -0.1) is 0 Å². The third-order valence-electron chi connectivity index (χ3n) is 5.51. The molecule has 1 amide bonds. The van der Waals surface area contributed by atoms with E-state index in [4.69, 9.17) is 4.74 Å². The summed E-state index contributed by atoms with van der Waals surface area (Å²) in [4.78, 5) is 17.3. The van der Waals surface area contributed by atoms with Gasteiger partial charge in [-0.25, -0.2) is 0 Å². The maximum atomic E-state index is 12.7. The number of ether oxygens (including phenoxy) is 1. The smallest absolute Gasteiger partial charge is 0.241 e. The maximum Gasteiger partial charge on any atom is 0.241 e. The molecule has 1 saturated heterocycles. The number of carbonyl (C=O) groups excluding carboxylic acids is 1. The molecule has 3 rings (SSSR count). The summed E-state index contributed by atoms with van der Waals surface area (Å²) < 4.78 is 5.48. The number of para-hydroxylation sites is 2. The summed E-state index contributed by atoms with van der Waals surface area (Å²) in [6.07, 6.45) is 0. The van der Waals surface area contributed by atoms with Crippen molar-refractivity contribution < 1.29 is 9.53 Å². The predicted molar refractivity (Wildman–Crippen MR) is 115 cm³/mol. The molecule has 0 unspecified atom stereocenters. The number of methoxy groups -OCH3 is 1. The minimum absolute atomic E-state index is 0.0445. The second-order valence-corrected chi connectivity index (χ2v) is 7.64. The molecule has 0 radical (unpaired) electrons. The van der Waals surface area contributed by atoms with Crippen molar-refractivity contribution in [3.8, 4) is 5.75 Å². The van der Waals surface area contributed by atoms with Crippen LogP contribution in [0.3, 0.4) is 0 Å². The summed E-state index contributed by atoms with van der Waals surface area (Å²) in [7, 11) is 1.70. The molecule has 1 atom stereocenters. The Hall–Kier alpha value is -2.53. The van der Waals surface area contributed by atoms with Gasteiger partial charge in [0.15, 0.2) is 0 Å². The van der Waals surface area contributed by atoms with Gasteiger partial charge < -0.3 is 15.0 Å². The summed E-state index contributed by atoms with van der Waals surface area (Å²) in [6.45, 7) is 9.76. The van der Waals surface area contributed by atoms with Crippen LogP contribution in [0.25, 0.3) is 0 Å². The quantitative estimate of drug-likeness (QED) is 0.822. The van der Waals surface area contributed by atoms with Crippen LogP contribution in [0.4, 0.5) is 11.4 Å². The number of amides is 1. The largest absolute Gasteiger partial charge is 0.495 e. The molecule has 2 aromatic carbocycles. The van der Waals surface area contributed by atoms with Gasteiger partial charge in [0.05, 0.1) is 18.8 Å². The van der Waals surface area contributed by atoms with Crippen molar-refractivity contribution in [2.45, 2.75) is 32.7 Å². The number of nitrogens with one attached hydrogen (secondary N) is 1. The van der Waals surface area contributed by atoms with Gasteiger partial charge >= 0.3 is 0 Å². The molecule has 0 aliphatic carbocycles. The molecular weight excluding hydrogens is 350 g/mol. The molecule has 0 spiro atoms. The van der Waals surface area contributed by atoms with Crippen LogP contribution in [0.1, 0.15) is 32.3 Å². The Morgan fingerprint density at radius 3 is 2.21 bits per heavy atom. The molecule has 1 heterocycles. The fourth-order valence-electron chi connectivity index (χ4n) is 3.61. The molecule has 1 aliphatic heterocycles. The molecule has 5 nitrogen and oxygen atoms in total. The highest BCUT2D eigenvalue weighted by Crippen LogP contribution is 2.28. The van der Waals surface area contributed by atoms with E-state index in [0.717, 1.165) is 43.3 Å². The zero-order valence-corrected chi connectivity index (χ0v) is 17.3. The van der Waals surface area contributed by atoms with Crippen LogP contribution in [0.15, 0.2) is 48.5 Å². The normalized spacial score (nSPS) is 16.1. The van der Waals surface area contributed by atoms with E-state index in [-0.39, 0.29) is 11.9 Å². The molecule has 0 saturated carbocycles. The van der Waals surface area contributed by atoms with Gasteiger partial charge in [-0.2, -0.15) is 0 Å². The minimum atomic E-state index is -0.162. The predicted octanol–water partition coefficient (Wildman–Crippen LogP) is 3.97. The van der Waals surface area contributed by atoms with Crippen LogP contribution in [0.2, 0.25) is 0 Å². The van der Waals surface area contributed by atoms with Gasteiger partial charge in [0.1, 0.15) is 5.75 Å². The Bertz CT molecular complexity index is 781. The highest BCUT2D eigenvalue weighted by Gasteiger charge is 2.26. The van der Waals surface area contributed by atoms with Crippen molar-refractivity contribution in [3.05, 3.63) is 54.1 Å². The fraction of sp³-hybridized carbons (Fsp3) is 0.435. The molecule has 28 heavy (non-hydrogen) atoms. The van der Waals surface area contributed by atoms with Gasteiger partial charge in [0.25, 0.3) is 0 Å². The standard InChI is InChI=1S/C23H31N3O2/c1-17(2)19-9-11-20(12-10-19)24-23(27)18(3)25-13-15-26(16-14-25)21-7-5-6-8-22(21)28-4/h5-12,17-18H,13-16H2,1-4H3,(H,24,27)/t18-/m1/s1. The molecular formula is C23H31N3O2. The zero-order chi connectivity index (χ0) is 20.1. The van der Waals surface area contributed by atoms with Crippen LogP contribution in [0, 0.1) is 0 Å². The SMILES string of the molecule is COc1ccccc1N1CCN([C@H](C)C(=O)Nc2ccc(C(C)C)cc2)CC1. The van der Waals surface area contributed by atoms with Crippen molar-refractivity contribution in [1.29, 1.82) is 0 Å². The molecule has 2 aromatic rings. The van der Waals surface area contributed by atoms with Gasteiger partial charge in [0.2, 0.25) is 5.91 Å². The Morgan fingerprint density at radius 1 is 0.964 bits per heavy atom. The number of hydrogen-bond acceptors (Lipinski definition) is 4. The van der Waals surface area contributed by atoms with E-state index >= 15 is 0 Å². The van der Waals surface area contributed by atoms with Crippen molar-refractivity contribution in [1.82, 2.24) is 4.90 Å². The second kappa shape index (κ2) is 9.11. The highest BCUT2D eigenvalue weighted by molar-refractivity contribution is 5.94. The lowest BCUT2D eigenvalue weighted by atomic mass is 10.0. The van der Waals surface area contributed by atoms with Gasteiger partial charge in [-0.05, 0) is 42.7 Å². The lowest BCUT2D eigenvalue weighted by Gasteiger charge is -2.38. The number of hydrogen-bond donors (Lipinski definition) is 1. The molecule has 0 aromatic heterocycles. The number of piperazine rings is 1. The van der Waals surface area contributed by atoms with Crippen molar-refractivity contribution in [2.24, 2.45) is 0 Å². The lowest BCUT2D eigenvalue weighted by Crippen LogP contribution is -2.52. The van der Waals surface area contributed by atoms with Gasteiger partial charge in [0, 0.05) is 31.9 Å². The van der Waals surface area contributed by atoms with Crippen LogP contribution in [0.5, 0.6) is 5.75 Å². The number of carbonyl (C=O) groups is 1. The summed E-state index contributed by atoms with van der Waals surface area (Å²) in [5.74, 6) is 1.43. The fourth-order valence-corrected chi connectivity index (χ4v) is 3.61. The van der Waals surface area contributed by atoms with E-state index < -0.39 is 0 Å². The molecule has 5 heteroatoms. The van der Waals surface area contributed by atoms with Crippen LogP contribution in [-0.4, -0.2) is 50.1 Å². The van der Waals surface area contributed by atoms with E-state index in [2.05, 4.69) is 47.2 Å². The Kier molecular flexibility index (Phi) is 6.57. The number of anilines is 2. The highest BCUT2D eigenvalue weighted by atomic mass is 16.5. The number of rotatable bonds is 6. The Balaban J connectivity index is 1.55. The summed E-state index contributed by atoms with van der Waals surface area (Å²) in [5.41, 5.74) is 3.25. The van der Waals surface area contributed by atoms with E-state index in [1.54, 1.807) is 7.11 Å². The number of benzene rings is 2. The first-order valence-electron chi connectivity index (χ1n) is 10.0. The summed E-state index contributed by atoms with van der Waals surface area (Å²) in [6, 6.07) is 16.1. The van der Waals surface area contributed by atoms with Crippen molar-refractivity contribution in [3.63, 3.8) is 0 Å². The molecule has 1 fully saturated rings. The van der Waals surface area contributed by atoms with E-state index in [1.165, 1.54) is 5.56 Å². The maximum absolute atomic E-state index is 12.7. The topological polar surface area (TPSA) is 44.8 Å². The van der Waals surface area contributed by atoms with E-state index in [1.807, 2.05) is 37.3 Å². The van der Waals surface area contributed by atoms with E-state index in [0.29, 0.717) is 5.92 Å². The van der Waals surface area contributed by atoms with Crippen LogP contribution < -0.4 is 15.0 Å². The summed E-state index contributed by atoms with van der Waals surface area (Å²) in [5, 5.41) is 3.05. The first kappa shape index (κ1) is 20.2. The first-order chi connectivity index (χ1) is 13.5. The van der Waals surface area contributed by atoms with E-state index in [9.17, 15) is 4.79 Å². The average molecular weight is 382 g/mol. The van der Waals surface area contributed by atoms with Crippen LogP contribution >= 0.6 is 0 Å². The third kappa shape index (κ3) is 4.65.